The molecule has 0 N–H and O–H groups in total. The van der Waals surface area contributed by atoms with Crippen LogP contribution in [0.25, 0.3) is 22.4 Å². The first-order chi connectivity index (χ1) is 13.0. The van der Waals surface area contributed by atoms with Crippen LogP contribution in [0.5, 0.6) is 0 Å². The van der Waals surface area contributed by atoms with Gasteiger partial charge in [-0.15, -0.1) is 0 Å². The smallest absolute Gasteiger partial charge is 0.212 e. The van der Waals surface area contributed by atoms with E-state index in [1.165, 1.54) is 22.3 Å². The van der Waals surface area contributed by atoms with Crippen LogP contribution < -0.4 is 4.57 Å². The van der Waals surface area contributed by atoms with Crippen LogP contribution in [0.2, 0.25) is 0 Å². The van der Waals surface area contributed by atoms with E-state index in [4.69, 9.17) is 4.11 Å². The number of benzene rings is 1. The zero-order valence-electron chi connectivity index (χ0n) is 18.4. The Morgan fingerprint density at radius 3 is 2.56 bits per heavy atom. The van der Waals surface area contributed by atoms with Crippen molar-refractivity contribution in [2.75, 3.05) is 0 Å². The van der Waals surface area contributed by atoms with Crippen molar-refractivity contribution in [1.29, 1.82) is 0 Å². The highest BCUT2D eigenvalue weighted by Gasteiger charge is 2.37. The van der Waals surface area contributed by atoms with Crippen molar-refractivity contribution >= 4 is 0 Å². The highest BCUT2D eigenvalue weighted by molar-refractivity contribution is 5.83. The predicted octanol–water partition coefficient (Wildman–Crippen LogP) is 4.80. The second-order valence-corrected chi connectivity index (χ2v) is 7.60. The fourth-order valence-electron chi connectivity index (χ4n) is 3.99. The van der Waals surface area contributed by atoms with Crippen molar-refractivity contribution < 1.29 is 8.68 Å². The molecular weight excluding hydrogens is 304 g/mol. The Morgan fingerprint density at radius 2 is 1.80 bits per heavy atom. The van der Waals surface area contributed by atoms with Crippen LogP contribution in [0, 0.1) is 20.7 Å². The maximum absolute atomic E-state index is 7.77. The number of rotatable bonds is 1. The maximum Gasteiger partial charge on any atom is 0.212 e. The second kappa shape index (κ2) is 5.26. The molecular formula is C23H25N2+. The lowest BCUT2D eigenvalue weighted by Gasteiger charge is -2.21. The van der Waals surface area contributed by atoms with E-state index < -0.39 is 6.85 Å². The molecule has 0 saturated heterocycles. The molecule has 0 amide bonds. The van der Waals surface area contributed by atoms with Crippen molar-refractivity contribution in [3.63, 3.8) is 0 Å². The number of aromatic nitrogens is 2. The Bertz CT molecular complexity index is 1110. The molecule has 3 aromatic rings. The lowest BCUT2D eigenvalue weighted by Crippen LogP contribution is -2.31. The third-order valence-electron chi connectivity index (χ3n) is 5.48. The van der Waals surface area contributed by atoms with Gasteiger partial charge in [-0.1, -0.05) is 26.0 Å². The van der Waals surface area contributed by atoms with Gasteiger partial charge in [-0.3, -0.25) is 4.98 Å². The predicted molar refractivity (Wildman–Crippen MR) is 103 cm³/mol. The molecule has 2 aromatic heterocycles. The Kier molecular flexibility index (Phi) is 2.70. The number of fused-ring (bicyclic) bond motifs is 3. The Hall–Kier alpha value is -2.48. The zero-order chi connectivity index (χ0) is 20.4. The van der Waals surface area contributed by atoms with Gasteiger partial charge in [-0.25, -0.2) is 4.57 Å². The van der Waals surface area contributed by atoms with Crippen molar-refractivity contribution in [2.24, 2.45) is 7.05 Å². The molecule has 0 aliphatic heterocycles. The number of nitrogens with zero attached hydrogens (tertiary/aromatic N) is 2. The van der Waals surface area contributed by atoms with Gasteiger partial charge in [0.25, 0.3) is 0 Å². The summed E-state index contributed by atoms with van der Waals surface area (Å²) in [5.74, 6) is 0. The molecule has 1 aliphatic rings. The first-order valence-corrected chi connectivity index (χ1v) is 8.64. The van der Waals surface area contributed by atoms with E-state index >= 15 is 0 Å². The van der Waals surface area contributed by atoms with Crippen molar-refractivity contribution in [3.8, 4) is 22.4 Å². The molecule has 4 rings (SSSR count). The summed E-state index contributed by atoms with van der Waals surface area (Å²) in [5, 5.41) is 0. The standard InChI is InChI=1S/C23H25N2/c1-14-11-21(25(6)13-16(14)3)18-12-19-17-8-7-9-24-22(17)23(4,5)20(19)10-15(18)2/h7-13H,1-6H3/q+1/i3D3. The van der Waals surface area contributed by atoms with Gasteiger partial charge >= 0.3 is 0 Å². The van der Waals surface area contributed by atoms with Crippen LogP contribution in [0.4, 0.5) is 0 Å². The summed E-state index contributed by atoms with van der Waals surface area (Å²) in [6.45, 7) is 6.32. The topological polar surface area (TPSA) is 16.8 Å². The van der Waals surface area contributed by atoms with E-state index in [2.05, 4.69) is 44.0 Å². The van der Waals surface area contributed by atoms with E-state index in [-0.39, 0.29) is 5.41 Å². The van der Waals surface area contributed by atoms with Crippen LogP contribution in [0.3, 0.4) is 0 Å². The van der Waals surface area contributed by atoms with Crippen molar-refractivity contribution in [2.45, 2.75) is 40.0 Å². The van der Waals surface area contributed by atoms with Gasteiger partial charge in [0.1, 0.15) is 7.05 Å². The minimum atomic E-state index is -2.11. The summed E-state index contributed by atoms with van der Waals surface area (Å²) in [4.78, 5) is 4.66. The van der Waals surface area contributed by atoms with Crippen molar-refractivity contribution in [3.05, 3.63) is 70.7 Å². The fraction of sp³-hybridized carbons (Fsp3) is 0.304. The van der Waals surface area contributed by atoms with Gasteiger partial charge in [0.15, 0.2) is 6.20 Å². The Labute approximate surface area is 154 Å². The third kappa shape index (κ3) is 2.24. The van der Waals surface area contributed by atoms with Gasteiger partial charge in [0.2, 0.25) is 5.69 Å². The van der Waals surface area contributed by atoms with Gasteiger partial charge in [0.05, 0.1) is 5.69 Å². The average Bonchev–Trinajstić information content (AvgIpc) is 2.83. The third-order valence-corrected chi connectivity index (χ3v) is 5.48. The Morgan fingerprint density at radius 1 is 1.00 bits per heavy atom. The molecule has 2 heterocycles. The van der Waals surface area contributed by atoms with Gasteiger partial charge in [-0.05, 0) is 55.1 Å². The average molecular weight is 332 g/mol. The highest BCUT2D eigenvalue weighted by atomic mass is 14.9. The second-order valence-electron chi connectivity index (χ2n) is 7.60. The molecule has 0 spiro atoms. The monoisotopic (exact) mass is 332 g/mol. The molecule has 0 atom stereocenters. The molecule has 1 aliphatic carbocycles. The molecule has 0 radical (unpaired) electrons. The van der Waals surface area contributed by atoms with Crippen molar-refractivity contribution in [1.82, 2.24) is 4.98 Å². The largest absolute Gasteiger partial charge is 0.260 e. The van der Waals surface area contributed by atoms with Crippen LogP contribution in [-0.4, -0.2) is 4.98 Å². The van der Waals surface area contributed by atoms with Crippen LogP contribution in [-0.2, 0) is 12.5 Å². The first kappa shape index (κ1) is 12.8. The lowest BCUT2D eigenvalue weighted by molar-refractivity contribution is -0.660. The SMILES string of the molecule is [2H]C([2H])([2H])c1c[n+](C)c(-c2cc3c(cc2C)C(C)(C)c2ncccc2-3)cc1C. The highest BCUT2D eigenvalue weighted by Crippen LogP contribution is 2.49. The quantitative estimate of drug-likeness (QED) is 0.585. The summed E-state index contributed by atoms with van der Waals surface area (Å²) in [6.07, 6.45) is 3.60. The molecule has 126 valence electrons. The van der Waals surface area contributed by atoms with E-state index in [1.807, 2.05) is 36.9 Å². The molecule has 2 nitrogen and oxygen atoms in total. The van der Waals surface area contributed by atoms with E-state index in [1.54, 1.807) is 6.20 Å². The first-order valence-electron chi connectivity index (χ1n) is 10.1. The minimum absolute atomic E-state index is 0.127. The normalized spacial score (nSPS) is 16.6. The molecule has 0 saturated carbocycles. The van der Waals surface area contributed by atoms with Crippen LogP contribution in [0.15, 0.2) is 42.7 Å². The molecule has 0 bridgehead atoms. The van der Waals surface area contributed by atoms with Gasteiger partial charge in [-0.2, -0.15) is 0 Å². The number of hydrogen-bond acceptors (Lipinski definition) is 1. The molecule has 1 aromatic carbocycles. The zero-order valence-corrected chi connectivity index (χ0v) is 15.4. The minimum Gasteiger partial charge on any atom is -0.260 e. The molecule has 0 fully saturated rings. The fourth-order valence-corrected chi connectivity index (χ4v) is 3.99. The van der Waals surface area contributed by atoms with E-state index in [0.717, 1.165) is 22.5 Å². The summed E-state index contributed by atoms with van der Waals surface area (Å²) in [5.41, 5.74) is 9.17. The molecule has 0 unspecified atom stereocenters. The van der Waals surface area contributed by atoms with Gasteiger partial charge in [0, 0.05) is 38.5 Å². The van der Waals surface area contributed by atoms with Crippen LogP contribution in [0.1, 0.15) is 45.9 Å². The van der Waals surface area contributed by atoms with Crippen LogP contribution >= 0.6 is 0 Å². The number of aryl methyl sites for hydroxylation is 4. The summed E-state index contributed by atoms with van der Waals surface area (Å²) < 4.78 is 25.2. The maximum atomic E-state index is 7.77. The summed E-state index contributed by atoms with van der Waals surface area (Å²) in [7, 11) is 1.91. The molecule has 25 heavy (non-hydrogen) atoms. The van der Waals surface area contributed by atoms with E-state index in [9.17, 15) is 0 Å². The van der Waals surface area contributed by atoms with E-state index in [0.29, 0.717) is 5.56 Å². The molecule has 2 heteroatoms. The Balaban J connectivity index is 1.95. The number of hydrogen-bond donors (Lipinski definition) is 0. The summed E-state index contributed by atoms with van der Waals surface area (Å²) in [6, 6.07) is 10.6. The number of pyridine rings is 2. The lowest BCUT2D eigenvalue weighted by atomic mass is 9.83. The summed E-state index contributed by atoms with van der Waals surface area (Å²) >= 11 is 0. The van der Waals surface area contributed by atoms with Gasteiger partial charge < -0.3 is 0 Å².